The standard InChI is InChI=1S/C18H23FN5O5P.C17H21ClN5O4P.C17H21FN5O4P.C16H21N6O4P/c1-26-14-5-4-12(8-13(14)19)9-29-30(3,25)11-28-7-6-24-10-21-15-16(24)22-18(20)23-17(15)27-2;2*1-25-16-14-15(21-17(19)22-16)23(10-20-14)6-7-26-11-28(2,24)27-9-12-4-3-5-13(18)8-12;1-24-15-13-14(20-16(17)21-15)22(10-19-13)6-7-25-11-27(2,23)26-9-12-4-3-5-18-8-12/h4-5,8,10H,6-7,9,11H2,1-3H3,(H2,20,22,23);2*3-5,8,10H,6-7,9,11H2,1-2H3,(H2,19,21,22);3-5,8,10H,6-7,9,11H2,1-2H3,(H2,17,20,21). The Morgan fingerprint density at radius 1 is 0.398 bits per heavy atom. The molecular formula is C68H86ClF2N21O17P4. The van der Waals surface area contributed by atoms with Crippen molar-refractivity contribution in [1.29, 1.82) is 0 Å². The molecule has 0 aliphatic heterocycles. The van der Waals surface area contributed by atoms with E-state index >= 15 is 0 Å². The number of nitrogen functional groups attached to an aromatic ring is 4. The topological polar surface area (TPSA) is 480 Å². The summed E-state index contributed by atoms with van der Waals surface area (Å²) < 4.78 is 153. The number of fused-ring (bicyclic) bond motifs is 4. The summed E-state index contributed by atoms with van der Waals surface area (Å²) in [5, 5.41) is 0.608. The summed E-state index contributed by atoms with van der Waals surface area (Å²) >= 11 is 5.93. The first-order chi connectivity index (χ1) is 54.1. The van der Waals surface area contributed by atoms with Crippen LogP contribution in [0.3, 0.4) is 0 Å². The number of halogens is 3. The van der Waals surface area contributed by atoms with Gasteiger partial charge in [-0.1, -0.05) is 48.0 Å². The average Bonchev–Trinajstić information content (AvgIpc) is 1.69. The van der Waals surface area contributed by atoms with E-state index in [0.717, 1.165) is 11.1 Å². The van der Waals surface area contributed by atoms with Gasteiger partial charge in [0.25, 0.3) is 0 Å². The van der Waals surface area contributed by atoms with Crippen molar-refractivity contribution in [2.24, 2.45) is 0 Å². The predicted molar refractivity (Wildman–Crippen MR) is 417 cm³/mol. The number of benzene rings is 3. The molecule has 9 heterocycles. The highest BCUT2D eigenvalue weighted by molar-refractivity contribution is 7.58. The van der Waals surface area contributed by atoms with Gasteiger partial charge in [0.1, 0.15) is 31.2 Å². The van der Waals surface area contributed by atoms with E-state index in [1.807, 2.05) is 18.2 Å². The van der Waals surface area contributed by atoms with E-state index in [2.05, 4.69) is 64.8 Å². The third-order valence-electron chi connectivity index (χ3n) is 15.5. The number of imidazole rings is 4. The molecule has 0 aliphatic rings. The van der Waals surface area contributed by atoms with E-state index in [0.29, 0.717) is 124 Å². The van der Waals surface area contributed by atoms with Crippen LogP contribution in [-0.2, 0) is 108 Å². The van der Waals surface area contributed by atoms with Crippen LogP contribution in [0.2, 0.25) is 5.02 Å². The van der Waals surface area contributed by atoms with Crippen LogP contribution >= 0.6 is 41.1 Å². The van der Waals surface area contributed by atoms with Gasteiger partial charge in [-0.25, -0.2) is 28.7 Å². The van der Waals surface area contributed by atoms with Gasteiger partial charge in [0.15, 0.2) is 56.2 Å². The molecule has 606 valence electrons. The molecule has 45 heteroatoms. The van der Waals surface area contributed by atoms with Crippen LogP contribution < -0.4 is 46.6 Å². The fourth-order valence-electron chi connectivity index (χ4n) is 10.1. The molecule has 0 amide bonds. The Hall–Kier alpha value is -10.0. The molecule has 4 unspecified atom stereocenters. The van der Waals surface area contributed by atoms with Gasteiger partial charge in [0, 0.05) is 70.3 Å². The highest BCUT2D eigenvalue weighted by Gasteiger charge is 2.23. The number of nitrogens with two attached hydrogens (primary N) is 4. The lowest BCUT2D eigenvalue weighted by atomic mass is 10.2. The second-order valence-corrected chi connectivity index (χ2v) is 35.3. The van der Waals surface area contributed by atoms with Crippen LogP contribution in [0.5, 0.6) is 29.3 Å². The number of nitrogens with zero attached hydrogens (tertiary/aromatic N) is 17. The molecule has 12 aromatic rings. The Labute approximate surface area is 651 Å². The van der Waals surface area contributed by atoms with Crippen LogP contribution in [0, 0.1) is 11.6 Å². The zero-order valence-corrected chi connectivity index (χ0v) is 67.4. The molecule has 0 aliphatic carbocycles. The first kappa shape index (κ1) is 86.9. The molecule has 0 saturated heterocycles. The number of hydrogen-bond acceptors (Lipinski definition) is 34. The molecule has 4 atom stereocenters. The third-order valence-corrected chi connectivity index (χ3v) is 21.1. The summed E-state index contributed by atoms with van der Waals surface area (Å²) in [6.07, 6.45) is 9.58. The van der Waals surface area contributed by atoms with Crippen molar-refractivity contribution in [2.75, 3.05) is 137 Å². The average molecular weight is 1670 g/mol. The molecule has 38 nitrogen and oxygen atoms in total. The van der Waals surface area contributed by atoms with Gasteiger partial charge >= 0.3 is 0 Å². The van der Waals surface area contributed by atoms with Crippen molar-refractivity contribution >= 4 is 110 Å². The fourth-order valence-corrected chi connectivity index (χ4v) is 14.1. The normalized spacial score (nSPS) is 13.5. The summed E-state index contributed by atoms with van der Waals surface area (Å²) in [7, 11) is -4.47. The number of hydrogen-bond donors (Lipinski definition) is 4. The number of pyridine rings is 1. The monoisotopic (exact) mass is 1670 g/mol. The maximum Gasteiger partial charge on any atom is 0.246 e. The summed E-state index contributed by atoms with van der Waals surface area (Å²) in [5.41, 5.74) is 29.8. The number of methoxy groups -OCH3 is 5. The van der Waals surface area contributed by atoms with Crippen molar-refractivity contribution in [3.05, 3.63) is 155 Å². The van der Waals surface area contributed by atoms with Crippen molar-refractivity contribution in [1.82, 2.24) is 83.1 Å². The Kier molecular flexibility index (Phi) is 31.6. The first-order valence-electron chi connectivity index (χ1n) is 34.0. The van der Waals surface area contributed by atoms with Gasteiger partial charge in [-0.2, -0.15) is 39.9 Å². The Morgan fingerprint density at radius 3 is 1.04 bits per heavy atom. The second kappa shape index (κ2) is 41.1. The number of anilines is 4. The zero-order chi connectivity index (χ0) is 81.3. The molecule has 0 fully saturated rings. The lowest BCUT2D eigenvalue weighted by molar-refractivity contribution is 0.153. The highest BCUT2D eigenvalue weighted by Crippen LogP contribution is 2.46. The minimum absolute atomic E-state index is 0.000200. The van der Waals surface area contributed by atoms with Crippen LogP contribution in [0.15, 0.2) is 117 Å². The van der Waals surface area contributed by atoms with E-state index in [9.17, 15) is 27.0 Å². The zero-order valence-electron chi connectivity index (χ0n) is 63.1. The summed E-state index contributed by atoms with van der Waals surface area (Å²) in [5.74, 6) is 0.839. The molecule has 0 radical (unpaired) electrons. The number of ether oxygens (including phenoxy) is 9. The van der Waals surface area contributed by atoms with Gasteiger partial charge in [0.05, 0.1) is 114 Å². The molecule has 0 bridgehead atoms. The SMILES string of the molecule is COc1ccc(COP(C)(=O)COCCn2cnc3c(OC)nc(N)nc32)cc1F.COc1nc(N)nc2c1ncn2CCOCP(C)(=O)OCc1cccc(Cl)c1.COc1nc(N)nc2c1ncn2CCOCP(C)(=O)OCc1cccc(F)c1.COc1nc(N)nc2c1ncn2CCOCP(C)(=O)OCc1cccnc1. The third kappa shape index (κ3) is 26.3. The lowest BCUT2D eigenvalue weighted by Crippen LogP contribution is -2.08. The second-order valence-electron chi connectivity index (χ2n) is 24.7. The van der Waals surface area contributed by atoms with Crippen LogP contribution in [0.4, 0.5) is 32.6 Å². The molecule has 8 N–H and O–H groups in total. The molecular weight excluding hydrogens is 1580 g/mol. The highest BCUT2D eigenvalue weighted by atomic mass is 35.5. The molecule has 0 saturated carbocycles. The van der Waals surface area contributed by atoms with Crippen LogP contribution in [0.25, 0.3) is 44.7 Å². The maximum absolute atomic E-state index is 13.7. The van der Waals surface area contributed by atoms with Crippen molar-refractivity contribution in [3.8, 4) is 29.3 Å². The van der Waals surface area contributed by atoms with Crippen molar-refractivity contribution in [3.63, 3.8) is 0 Å². The van der Waals surface area contributed by atoms with Gasteiger partial charge in [-0.15, -0.1) is 0 Å². The number of aromatic nitrogens is 17. The Balaban J connectivity index is 0.000000173. The fraction of sp³-hybridized carbons (Fsp3) is 0.368. The minimum Gasteiger partial charge on any atom is -0.494 e. The van der Waals surface area contributed by atoms with E-state index in [4.69, 9.17) is 95.3 Å². The molecule has 113 heavy (non-hydrogen) atoms. The van der Waals surface area contributed by atoms with E-state index in [-0.39, 0.29) is 100 Å². The van der Waals surface area contributed by atoms with E-state index in [1.165, 1.54) is 73.1 Å². The first-order valence-corrected chi connectivity index (χ1v) is 43.4. The number of rotatable bonds is 37. The van der Waals surface area contributed by atoms with Crippen LogP contribution in [0.1, 0.15) is 22.3 Å². The lowest BCUT2D eigenvalue weighted by Gasteiger charge is -2.15. The van der Waals surface area contributed by atoms with E-state index in [1.54, 1.807) is 106 Å². The van der Waals surface area contributed by atoms with Gasteiger partial charge in [0.2, 0.25) is 76.8 Å². The van der Waals surface area contributed by atoms with Crippen molar-refractivity contribution in [2.45, 2.75) is 52.6 Å². The summed E-state index contributed by atoms with van der Waals surface area (Å²) in [4.78, 5) is 53.5. The quantitative estimate of drug-likeness (QED) is 0.0208. The van der Waals surface area contributed by atoms with Gasteiger partial charge < -0.3 is 102 Å². The largest absolute Gasteiger partial charge is 0.494 e. The maximum atomic E-state index is 13.7. The molecule has 0 spiro atoms. The smallest absolute Gasteiger partial charge is 0.246 e. The molecule has 12 rings (SSSR count). The summed E-state index contributed by atoms with van der Waals surface area (Å²) in [6.45, 7) is 9.39. The van der Waals surface area contributed by atoms with Crippen LogP contribution in [-0.4, -0.2) is 197 Å². The van der Waals surface area contributed by atoms with Gasteiger partial charge in [-0.05, 0) is 64.7 Å². The minimum atomic E-state index is -3.03. The van der Waals surface area contributed by atoms with E-state index < -0.39 is 35.3 Å². The summed E-state index contributed by atoms with van der Waals surface area (Å²) in [6, 6.07) is 21.3. The predicted octanol–water partition coefficient (Wildman–Crippen LogP) is 10.4. The Morgan fingerprint density at radius 2 is 0.726 bits per heavy atom. The van der Waals surface area contributed by atoms with Crippen molar-refractivity contribution < 1.29 is 87.8 Å². The molecule has 9 aromatic heterocycles. The molecule has 3 aromatic carbocycles. The Bertz CT molecular complexity index is 5190. The van der Waals surface area contributed by atoms with Gasteiger partial charge in [-0.3, -0.25) is 23.2 Å².